The first kappa shape index (κ1) is 18.4. The van der Waals surface area contributed by atoms with Gasteiger partial charge in [-0.1, -0.05) is 37.3 Å². The molecule has 0 aliphatic carbocycles. The minimum absolute atomic E-state index is 0.105. The Bertz CT molecular complexity index is 1190. The van der Waals surface area contributed by atoms with Gasteiger partial charge in [0.15, 0.2) is 17.5 Å². The Hall–Kier alpha value is -3.62. The summed E-state index contributed by atoms with van der Waals surface area (Å²) in [6, 6.07) is 9.42. The molecule has 0 bridgehead atoms. The maximum atomic E-state index is 15.2. The Balaban J connectivity index is 1.37. The molecular formula is C21H21FN8. The molecule has 0 unspecified atom stereocenters. The third kappa shape index (κ3) is 2.94. The van der Waals surface area contributed by atoms with Gasteiger partial charge in [-0.3, -0.25) is 4.40 Å². The lowest BCUT2D eigenvalue weighted by Gasteiger charge is -2.44. The summed E-state index contributed by atoms with van der Waals surface area (Å²) in [4.78, 5) is 16.9. The molecule has 1 aliphatic rings. The quantitative estimate of drug-likeness (QED) is 0.506. The van der Waals surface area contributed by atoms with Crippen molar-refractivity contribution in [3.05, 3.63) is 60.7 Å². The first-order valence-electron chi connectivity index (χ1n) is 9.89. The number of fused-ring (bicyclic) bond motifs is 1. The van der Waals surface area contributed by atoms with Crippen LogP contribution in [0, 0.1) is 5.82 Å². The van der Waals surface area contributed by atoms with Crippen LogP contribution in [0.4, 0.5) is 16.0 Å². The summed E-state index contributed by atoms with van der Waals surface area (Å²) >= 11 is 0. The van der Waals surface area contributed by atoms with Crippen LogP contribution >= 0.6 is 0 Å². The summed E-state index contributed by atoms with van der Waals surface area (Å²) in [5.41, 5.74) is 1.79. The first-order valence-corrected chi connectivity index (χ1v) is 9.89. The number of anilines is 2. The van der Waals surface area contributed by atoms with Crippen molar-refractivity contribution in [2.45, 2.75) is 19.4 Å². The predicted octanol–water partition coefficient (Wildman–Crippen LogP) is 2.61. The van der Waals surface area contributed by atoms with E-state index in [9.17, 15) is 0 Å². The van der Waals surface area contributed by atoms with Crippen molar-refractivity contribution in [2.75, 3.05) is 29.9 Å². The zero-order valence-electron chi connectivity index (χ0n) is 16.8. The van der Waals surface area contributed by atoms with E-state index in [2.05, 4.69) is 30.0 Å². The molecule has 5 rings (SSSR count). The Kier molecular flexibility index (Phi) is 4.50. The fraction of sp³-hybridized carbons (Fsp3) is 0.286. The summed E-state index contributed by atoms with van der Waals surface area (Å²) in [6.45, 7) is 3.44. The predicted molar refractivity (Wildman–Crippen MR) is 112 cm³/mol. The van der Waals surface area contributed by atoms with Gasteiger partial charge >= 0.3 is 0 Å². The van der Waals surface area contributed by atoms with E-state index in [0.717, 1.165) is 29.3 Å². The van der Waals surface area contributed by atoms with Crippen LogP contribution in [0.3, 0.4) is 0 Å². The third-order valence-electron chi connectivity index (χ3n) is 5.56. The first-order chi connectivity index (χ1) is 14.7. The average molecular weight is 404 g/mol. The molecule has 4 aromatic rings. The maximum absolute atomic E-state index is 15.2. The number of aromatic nitrogens is 6. The fourth-order valence-electron chi connectivity index (χ4n) is 3.78. The summed E-state index contributed by atoms with van der Waals surface area (Å²) < 4.78 is 17.2. The van der Waals surface area contributed by atoms with E-state index in [1.807, 2.05) is 59.8 Å². The van der Waals surface area contributed by atoms with Gasteiger partial charge < -0.3 is 9.80 Å². The number of halogens is 1. The van der Waals surface area contributed by atoms with Crippen LogP contribution < -0.4 is 9.80 Å². The fourth-order valence-corrected chi connectivity index (χ4v) is 3.78. The molecule has 0 N–H and O–H groups in total. The standard InChI is InChI=1S/C21H21FN8/c1-3-16-26-27-21-20(23-9-10-30(16)21)29-11-15(12-29)28(2)19-17(22)18(24-13-25-19)14-7-5-4-6-8-14/h4-10,13,15H,3,11-12H2,1-2H3. The minimum atomic E-state index is -0.407. The highest BCUT2D eigenvalue weighted by atomic mass is 19.1. The molecule has 0 spiro atoms. The van der Waals surface area contributed by atoms with E-state index in [4.69, 9.17) is 0 Å². The van der Waals surface area contributed by atoms with Crippen molar-refractivity contribution in [2.24, 2.45) is 0 Å². The SMILES string of the molecule is CCc1nnc2c(N3CC(N(C)c4ncnc(-c5ccccc5)c4F)C3)nccn12. The van der Waals surface area contributed by atoms with Crippen LogP contribution in [0.1, 0.15) is 12.7 Å². The molecule has 1 aliphatic heterocycles. The number of likely N-dealkylation sites (N-methyl/N-ethyl adjacent to an activating group) is 1. The minimum Gasteiger partial charge on any atom is -0.351 e. The molecule has 0 amide bonds. The van der Waals surface area contributed by atoms with Gasteiger partial charge in [-0.05, 0) is 0 Å². The topological polar surface area (TPSA) is 75.3 Å². The van der Waals surface area contributed by atoms with E-state index in [-0.39, 0.29) is 6.04 Å². The summed E-state index contributed by atoms with van der Waals surface area (Å²) in [7, 11) is 1.86. The zero-order chi connectivity index (χ0) is 20.7. The third-order valence-corrected chi connectivity index (χ3v) is 5.56. The molecule has 8 nitrogen and oxygen atoms in total. The van der Waals surface area contributed by atoms with Crippen molar-refractivity contribution < 1.29 is 4.39 Å². The highest BCUT2D eigenvalue weighted by Gasteiger charge is 2.34. The van der Waals surface area contributed by atoms with E-state index < -0.39 is 5.82 Å². The highest BCUT2D eigenvalue weighted by Crippen LogP contribution is 2.30. The van der Waals surface area contributed by atoms with Crippen LogP contribution in [0.2, 0.25) is 0 Å². The normalized spacial score (nSPS) is 14.2. The Labute approximate surface area is 173 Å². The molecule has 1 saturated heterocycles. The summed E-state index contributed by atoms with van der Waals surface area (Å²) in [5.74, 6) is 1.59. The summed E-state index contributed by atoms with van der Waals surface area (Å²) in [5, 5.41) is 8.53. The lowest BCUT2D eigenvalue weighted by Crippen LogP contribution is -2.59. The molecule has 4 heterocycles. The zero-order valence-corrected chi connectivity index (χ0v) is 16.8. The van der Waals surface area contributed by atoms with Gasteiger partial charge in [0.1, 0.15) is 17.8 Å². The second kappa shape index (κ2) is 7.33. The second-order valence-electron chi connectivity index (χ2n) is 7.31. The van der Waals surface area contributed by atoms with Gasteiger partial charge in [-0.2, -0.15) is 0 Å². The van der Waals surface area contributed by atoms with E-state index in [1.54, 1.807) is 6.20 Å². The van der Waals surface area contributed by atoms with Gasteiger partial charge in [0, 0.05) is 44.5 Å². The molecule has 9 heteroatoms. The smallest absolute Gasteiger partial charge is 0.203 e. The number of benzene rings is 1. The monoisotopic (exact) mass is 404 g/mol. The molecule has 0 atom stereocenters. The Morgan fingerprint density at radius 1 is 1.10 bits per heavy atom. The molecule has 3 aromatic heterocycles. The van der Waals surface area contributed by atoms with Gasteiger partial charge in [-0.25, -0.2) is 19.3 Å². The van der Waals surface area contributed by atoms with Gasteiger partial charge in [0.05, 0.1) is 6.04 Å². The number of hydrogen-bond acceptors (Lipinski definition) is 7. The van der Waals surface area contributed by atoms with E-state index in [1.165, 1.54) is 6.33 Å². The number of rotatable bonds is 5. The largest absolute Gasteiger partial charge is 0.351 e. The van der Waals surface area contributed by atoms with Gasteiger partial charge in [0.2, 0.25) is 5.65 Å². The highest BCUT2D eigenvalue weighted by molar-refractivity contribution is 5.67. The molecule has 1 aromatic carbocycles. The Morgan fingerprint density at radius 2 is 1.90 bits per heavy atom. The van der Waals surface area contributed by atoms with Crippen molar-refractivity contribution >= 4 is 17.3 Å². The molecule has 1 fully saturated rings. The lowest BCUT2D eigenvalue weighted by atomic mass is 10.1. The Morgan fingerprint density at radius 3 is 2.67 bits per heavy atom. The number of hydrogen-bond donors (Lipinski definition) is 0. The van der Waals surface area contributed by atoms with Crippen molar-refractivity contribution in [1.29, 1.82) is 0 Å². The van der Waals surface area contributed by atoms with Crippen molar-refractivity contribution in [1.82, 2.24) is 29.5 Å². The van der Waals surface area contributed by atoms with Crippen LogP contribution in [-0.4, -0.2) is 55.7 Å². The van der Waals surface area contributed by atoms with Gasteiger partial charge in [0.25, 0.3) is 0 Å². The van der Waals surface area contributed by atoms with Crippen LogP contribution in [-0.2, 0) is 6.42 Å². The van der Waals surface area contributed by atoms with Crippen LogP contribution in [0.5, 0.6) is 0 Å². The van der Waals surface area contributed by atoms with Crippen LogP contribution in [0.15, 0.2) is 49.1 Å². The maximum Gasteiger partial charge on any atom is 0.203 e. The molecule has 0 radical (unpaired) electrons. The lowest BCUT2D eigenvalue weighted by molar-refractivity contribution is 0.481. The number of nitrogens with zero attached hydrogens (tertiary/aromatic N) is 8. The van der Waals surface area contributed by atoms with Crippen molar-refractivity contribution in [3.8, 4) is 11.3 Å². The molecule has 0 saturated carbocycles. The van der Waals surface area contributed by atoms with E-state index >= 15 is 4.39 Å². The molecule has 30 heavy (non-hydrogen) atoms. The summed E-state index contributed by atoms with van der Waals surface area (Å²) in [6.07, 6.45) is 5.85. The van der Waals surface area contributed by atoms with Crippen LogP contribution in [0.25, 0.3) is 16.9 Å². The van der Waals surface area contributed by atoms with Gasteiger partial charge in [-0.15, -0.1) is 10.2 Å². The molecule has 152 valence electrons. The molecular weight excluding hydrogens is 383 g/mol. The average Bonchev–Trinajstić information content (AvgIpc) is 3.17. The number of aryl methyl sites for hydroxylation is 1. The van der Waals surface area contributed by atoms with E-state index in [0.29, 0.717) is 24.6 Å². The van der Waals surface area contributed by atoms with Crippen molar-refractivity contribution in [3.63, 3.8) is 0 Å². The second-order valence-corrected chi connectivity index (χ2v) is 7.31.